The van der Waals surface area contributed by atoms with Gasteiger partial charge in [0.05, 0.1) is 18.8 Å². The molecule has 6 nitrogen and oxygen atoms in total. The van der Waals surface area contributed by atoms with Crippen LogP contribution < -0.4 is 0 Å². The van der Waals surface area contributed by atoms with Crippen LogP contribution in [0.1, 0.15) is 18.4 Å². The maximum Gasteiger partial charge on any atom is 0.316 e. The van der Waals surface area contributed by atoms with Crippen molar-refractivity contribution < 1.29 is 23.9 Å². The van der Waals surface area contributed by atoms with E-state index in [0.29, 0.717) is 25.9 Å². The molecule has 1 heterocycles. The maximum atomic E-state index is 12.1. The van der Waals surface area contributed by atoms with Crippen molar-refractivity contribution in [2.45, 2.75) is 24.7 Å². The van der Waals surface area contributed by atoms with E-state index in [9.17, 15) is 14.4 Å². The second kappa shape index (κ2) is 9.97. The van der Waals surface area contributed by atoms with Gasteiger partial charge in [-0.3, -0.25) is 14.4 Å². The molecule has 0 atom stereocenters. The molecule has 1 saturated heterocycles. The Labute approximate surface area is 165 Å². The molecular formula is C18H22BrNO5S. The van der Waals surface area contributed by atoms with Gasteiger partial charge in [-0.25, -0.2) is 0 Å². The van der Waals surface area contributed by atoms with Crippen molar-refractivity contribution in [3.63, 3.8) is 0 Å². The molecule has 0 aromatic heterocycles. The zero-order valence-electron chi connectivity index (χ0n) is 14.8. The van der Waals surface area contributed by atoms with Crippen LogP contribution in [-0.2, 0) is 23.9 Å². The predicted octanol–water partition coefficient (Wildman–Crippen LogP) is 2.80. The van der Waals surface area contributed by atoms with Crippen LogP contribution in [0.4, 0.5) is 0 Å². The summed E-state index contributed by atoms with van der Waals surface area (Å²) in [6.07, 6.45) is 1.15. The molecule has 0 unspecified atom stereocenters. The Morgan fingerprint density at radius 2 is 1.96 bits per heavy atom. The molecule has 2 rings (SSSR count). The Morgan fingerprint density at radius 1 is 1.27 bits per heavy atom. The van der Waals surface area contributed by atoms with Crippen molar-refractivity contribution in [2.24, 2.45) is 5.92 Å². The molecule has 0 N–H and O–H groups in total. The third kappa shape index (κ3) is 6.02. The first-order valence-electron chi connectivity index (χ1n) is 8.31. The molecule has 142 valence electrons. The summed E-state index contributed by atoms with van der Waals surface area (Å²) < 4.78 is 10.8. The zero-order valence-corrected chi connectivity index (χ0v) is 17.2. The number of aryl methyl sites for hydroxylation is 1. The first-order valence-corrected chi connectivity index (χ1v) is 10.1. The number of methoxy groups -OCH3 is 1. The van der Waals surface area contributed by atoms with Gasteiger partial charge in [-0.05, 0) is 43.5 Å². The number of benzene rings is 1. The van der Waals surface area contributed by atoms with Gasteiger partial charge in [0.1, 0.15) is 0 Å². The summed E-state index contributed by atoms with van der Waals surface area (Å²) in [6.45, 7) is 2.66. The number of amides is 1. The van der Waals surface area contributed by atoms with Gasteiger partial charge in [0, 0.05) is 22.5 Å². The number of piperidine rings is 1. The third-order valence-corrected chi connectivity index (χ3v) is 5.86. The quantitative estimate of drug-likeness (QED) is 0.497. The number of carbonyl (C=O) groups excluding carboxylic acids is 3. The Morgan fingerprint density at radius 3 is 2.58 bits per heavy atom. The third-order valence-electron chi connectivity index (χ3n) is 4.22. The molecule has 0 aliphatic carbocycles. The minimum atomic E-state index is -0.421. The number of hydrogen-bond donors (Lipinski definition) is 0. The molecule has 1 aliphatic rings. The minimum absolute atomic E-state index is 0.153. The second-order valence-electron chi connectivity index (χ2n) is 6.04. The fourth-order valence-electron chi connectivity index (χ4n) is 2.72. The number of thioether (sulfide) groups is 1. The monoisotopic (exact) mass is 443 g/mol. The largest absolute Gasteiger partial charge is 0.469 e. The Hall–Kier alpha value is -1.54. The average molecular weight is 444 g/mol. The topological polar surface area (TPSA) is 72.9 Å². The van der Waals surface area contributed by atoms with Crippen LogP contribution in [0.5, 0.6) is 0 Å². The highest BCUT2D eigenvalue weighted by atomic mass is 79.9. The summed E-state index contributed by atoms with van der Waals surface area (Å²) >= 11 is 4.79. The number of hydrogen-bond acceptors (Lipinski definition) is 6. The average Bonchev–Trinajstić information content (AvgIpc) is 2.64. The Bertz CT molecular complexity index is 674. The number of carbonyl (C=O) groups is 3. The number of halogens is 1. The number of esters is 2. The summed E-state index contributed by atoms with van der Waals surface area (Å²) in [6, 6.07) is 5.84. The summed E-state index contributed by atoms with van der Waals surface area (Å²) in [7, 11) is 1.37. The van der Waals surface area contributed by atoms with Crippen molar-refractivity contribution >= 4 is 45.5 Å². The number of likely N-dealkylation sites (tertiary alicyclic amines) is 1. The van der Waals surface area contributed by atoms with E-state index in [0.717, 1.165) is 14.9 Å². The minimum Gasteiger partial charge on any atom is -0.469 e. The molecule has 0 spiro atoms. The maximum absolute atomic E-state index is 12.1. The molecule has 0 radical (unpaired) electrons. The highest BCUT2D eigenvalue weighted by Gasteiger charge is 2.28. The molecule has 0 saturated carbocycles. The van der Waals surface area contributed by atoms with E-state index >= 15 is 0 Å². The van der Waals surface area contributed by atoms with Gasteiger partial charge in [0.25, 0.3) is 5.91 Å². The van der Waals surface area contributed by atoms with E-state index in [1.54, 1.807) is 4.90 Å². The molecule has 1 aromatic rings. The van der Waals surface area contributed by atoms with Crippen molar-refractivity contribution in [1.29, 1.82) is 0 Å². The molecule has 0 bridgehead atoms. The number of nitrogens with zero attached hydrogens (tertiary/aromatic N) is 1. The van der Waals surface area contributed by atoms with Crippen LogP contribution in [-0.4, -0.2) is 55.3 Å². The van der Waals surface area contributed by atoms with Gasteiger partial charge in [0.15, 0.2) is 6.61 Å². The van der Waals surface area contributed by atoms with Crippen LogP contribution in [0.15, 0.2) is 27.6 Å². The highest BCUT2D eigenvalue weighted by Crippen LogP contribution is 2.25. The van der Waals surface area contributed by atoms with Crippen LogP contribution in [0.3, 0.4) is 0 Å². The second-order valence-corrected chi connectivity index (χ2v) is 7.97. The van der Waals surface area contributed by atoms with Gasteiger partial charge in [-0.1, -0.05) is 15.9 Å². The van der Waals surface area contributed by atoms with Gasteiger partial charge in [-0.15, -0.1) is 11.8 Å². The van der Waals surface area contributed by atoms with Crippen LogP contribution >= 0.6 is 27.7 Å². The lowest BCUT2D eigenvalue weighted by Gasteiger charge is -2.30. The lowest BCUT2D eigenvalue weighted by molar-refractivity contribution is -0.152. The number of rotatable bonds is 6. The van der Waals surface area contributed by atoms with Gasteiger partial charge in [-0.2, -0.15) is 0 Å². The highest BCUT2D eigenvalue weighted by molar-refractivity contribution is 9.10. The lowest BCUT2D eigenvalue weighted by Crippen LogP contribution is -2.42. The molecule has 1 fully saturated rings. The van der Waals surface area contributed by atoms with E-state index in [-0.39, 0.29) is 30.2 Å². The first kappa shape index (κ1) is 20.8. The van der Waals surface area contributed by atoms with E-state index in [1.165, 1.54) is 18.9 Å². The normalized spacial score (nSPS) is 14.8. The van der Waals surface area contributed by atoms with Crippen LogP contribution in [0.25, 0.3) is 0 Å². The van der Waals surface area contributed by atoms with E-state index < -0.39 is 5.97 Å². The first-order chi connectivity index (χ1) is 12.4. The fourth-order valence-corrected chi connectivity index (χ4v) is 4.00. The fraction of sp³-hybridized carbons (Fsp3) is 0.500. The Balaban J connectivity index is 1.70. The zero-order chi connectivity index (χ0) is 19.1. The smallest absolute Gasteiger partial charge is 0.316 e. The SMILES string of the molecule is COC(=O)C1CCN(C(=O)COC(=O)CSc2ccc(Br)cc2C)CC1. The molecule has 1 aromatic carbocycles. The Kier molecular flexibility index (Phi) is 7.96. The summed E-state index contributed by atoms with van der Waals surface area (Å²) in [5.41, 5.74) is 1.07. The lowest BCUT2D eigenvalue weighted by atomic mass is 9.97. The standard InChI is InChI=1S/C18H22BrNO5S/c1-12-9-14(19)3-4-15(12)26-11-17(22)25-10-16(21)20-7-5-13(6-8-20)18(23)24-2/h3-4,9,13H,5-8,10-11H2,1-2H3. The summed E-state index contributed by atoms with van der Waals surface area (Å²) in [5.74, 6) is -0.886. The van der Waals surface area contributed by atoms with Gasteiger partial charge >= 0.3 is 11.9 Å². The van der Waals surface area contributed by atoms with E-state index in [1.807, 2.05) is 25.1 Å². The predicted molar refractivity (Wildman–Crippen MR) is 102 cm³/mol. The van der Waals surface area contributed by atoms with E-state index in [4.69, 9.17) is 9.47 Å². The van der Waals surface area contributed by atoms with Crippen LogP contribution in [0.2, 0.25) is 0 Å². The van der Waals surface area contributed by atoms with Gasteiger partial charge in [0.2, 0.25) is 0 Å². The molecular weight excluding hydrogens is 422 g/mol. The summed E-state index contributed by atoms with van der Waals surface area (Å²) in [4.78, 5) is 38.1. The van der Waals surface area contributed by atoms with Crippen molar-refractivity contribution in [3.8, 4) is 0 Å². The van der Waals surface area contributed by atoms with Crippen LogP contribution in [0, 0.1) is 12.8 Å². The van der Waals surface area contributed by atoms with Crippen molar-refractivity contribution in [3.05, 3.63) is 28.2 Å². The molecule has 8 heteroatoms. The number of ether oxygens (including phenoxy) is 2. The van der Waals surface area contributed by atoms with Crippen molar-refractivity contribution in [2.75, 3.05) is 32.6 Å². The molecule has 26 heavy (non-hydrogen) atoms. The molecule has 1 aliphatic heterocycles. The van der Waals surface area contributed by atoms with Gasteiger partial charge < -0.3 is 14.4 Å². The van der Waals surface area contributed by atoms with Crippen molar-refractivity contribution in [1.82, 2.24) is 4.90 Å². The molecule has 1 amide bonds. The van der Waals surface area contributed by atoms with E-state index in [2.05, 4.69) is 15.9 Å². The summed E-state index contributed by atoms with van der Waals surface area (Å²) in [5, 5.41) is 0.